The van der Waals surface area contributed by atoms with Crippen molar-refractivity contribution in [1.82, 2.24) is 0 Å². The van der Waals surface area contributed by atoms with Gasteiger partial charge in [-0.05, 0) is 24.5 Å². The molecule has 0 bridgehead atoms. The Kier molecular flexibility index (Phi) is 4.57. The molecule has 0 aliphatic rings. The Morgan fingerprint density at radius 2 is 1.35 bits per heavy atom. The molecule has 2 nitrogen and oxygen atoms in total. The van der Waals surface area contributed by atoms with Crippen molar-refractivity contribution in [1.29, 1.82) is 0 Å². The molecule has 0 aromatic heterocycles. The molecule has 2 aromatic rings. The maximum Gasteiger partial charge on any atom is 0.321 e. The molecule has 0 heterocycles. The second kappa shape index (κ2) is 6.38. The Balaban J connectivity index is 2.61. The van der Waals surface area contributed by atoms with Crippen LogP contribution >= 0.6 is 0 Å². The molecule has 0 N–H and O–H groups in total. The van der Waals surface area contributed by atoms with E-state index in [9.17, 15) is 4.79 Å². The highest BCUT2D eigenvalue weighted by Crippen LogP contribution is 2.36. The molecule has 20 heavy (non-hydrogen) atoms. The molecule has 0 saturated carbocycles. The fraction of sp³-hybridized carbons (Fsp3) is 0.278. The minimum Gasteiger partial charge on any atom is -0.465 e. The predicted octanol–water partition coefficient (Wildman–Crippen LogP) is 3.95. The van der Waals surface area contributed by atoms with Crippen molar-refractivity contribution < 1.29 is 9.53 Å². The minimum absolute atomic E-state index is 0.181. The molecule has 0 fully saturated rings. The van der Waals surface area contributed by atoms with Crippen LogP contribution in [0, 0.1) is 0 Å². The van der Waals surface area contributed by atoms with Crippen LogP contribution in [0.1, 0.15) is 31.4 Å². The van der Waals surface area contributed by atoms with Gasteiger partial charge in [0.15, 0.2) is 0 Å². The van der Waals surface area contributed by atoms with E-state index in [1.807, 2.05) is 74.5 Å². The molecule has 2 heteroatoms. The number of carbonyl (C=O) groups excluding carboxylic acids is 1. The van der Waals surface area contributed by atoms with Crippen LogP contribution in [0.25, 0.3) is 0 Å². The molecule has 0 unspecified atom stereocenters. The van der Waals surface area contributed by atoms with E-state index in [0.717, 1.165) is 11.1 Å². The SMILES string of the molecule is CCOC(=O)C(CC)(c1ccccc1)c1ccccc1. The molecule has 0 amide bonds. The van der Waals surface area contributed by atoms with Gasteiger partial charge in [0.2, 0.25) is 0 Å². The van der Waals surface area contributed by atoms with Crippen LogP contribution in [-0.4, -0.2) is 12.6 Å². The van der Waals surface area contributed by atoms with Crippen LogP contribution in [0.3, 0.4) is 0 Å². The topological polar surface area (TPSA) is 26.3 Å². The molecular weight excluding hydrogens is 248 g/mol. The summed E-state index contributed by atoms with van der Waals surface area (Å²) in [6.45, 7) is 4.26. The summed E-state index contributed by atoms with van der Waals surface area (Å²) < 4.78 is 5.37. The quantitative estimate of drug-likeness (QED) is 0.768. The molecule has 2 rings (SSSR count). The van der Waals surface area contributed by atoms with Crippen LogP contribution in [-0.2, 0) is 14.9 Å². The van der Waals surface area contributed by atoms with Crippen LogP contribution in [0.2, 0.25) is 0 Å². The average molecular weight is 268 g/mol. The maximum atomic E-state index is 12.7. The number of hydrogen-bond donors (Lipinski definition) is 0. The van der Waals surface area contributed by atoms with Crippen molar-refractivity contribution in [2.45, 2.75) is 25.7 Å². The zero-order valence-electron chi connectivity index (χ0n) is 12.0. The Morgan fingerprint density at radius 3 is 1.70 bits per heavy atom. The Labute approximate surface area is 120 Å². The molecule has 0 atom stereocenters. The van der Waals surface area contributed by atoms with Crippen molar-refractivity contribution in [2.24, 2.45) is 0 Å². The third kappa shape index (κ3) is 2.46. The number of hydrogen-bond acceptors (Lipinski definition) is 2. The Hall–Kier alpha value is -2.09. The van der Waals surface area contributed by atoms with Gasteiger partial charge in [-0.1, -0.05) is 67.6 Å². The fourth-order valence-corrected chi connectivity index (χ4v) is 2.65. The molecule has 0 aliphatic carbocycles. The van der Waals surface area contributed by atoms with E-state index < -0.39 is 5.41 Å². The first-order valence-corrected chi connectivity index (χ1v) is 7.04. The van der Waals surface area contributed by atoms with Gasteiger partial charge in [-0.3, -0.25) is 4.79 Å². The van der Waals surface area contributed by atoms with Gasteiger partial charge in [-0.15, -0.1) is 0 Å². The van der Waals surface area contributed by atoms with Gasteiger partial charge in [0.25, 0.3) is 0 Å². The third-order valence-corrected chi connectivity index (χ3v) is 3.69. The van der Waals surface area contributed by atoms with Crippen LogP contribution < -0.4 is 0 Å². The van der Waals surface area contributed by atoms with Gasteiger partial charge in [0.05, 0.1) is 6.61 Å². The van der Waals surface area contributed by atoms with Crippen molar-refractivity contribution in [3.8, 4) is 0 Å². The Bertz CT molecular complexity index is 507. The summed E-state index contributed by atoms with van der Waals surface area (Å²) in [5, 5.41) is 0. The number of carbonyl (C=O) groups is 1. The number of ether oxygens (including phenoxy) is 1. The number of esters is 1. The highest BCUT2D eigenvalue weighted by atomic mass is 16.5. The van der Waals surface area contributed by atoms with Crippen LogP contribution in [0.15, 0.2) is 60.7 Å². The monoisotopic (exact) mass is 268 g/mol. The zero-order chi connectivity index (χ0) is 14.4. The number of benzene rings is 2. The smallest absolute Gasteiger partial charge is 0.321 e. The van der Waals surface area contributed by atoms with Crippen molar-refractivity contribution in [2.75, 3.05) is 6.61 Å². The minimum atomic E-state index is -0.724. The lowest BCUT2D eigenvalue weighted by Gasteiger charge is -2.31. The molecule has 0 aliphatic heterocycles. The summed E-state index contributed by atoms with van der Waals surface area (Å²) in [5.74, 6) is -0.181. The molecule has 0 radical (unpaired) electrons. The first-order chi connectivity index (χ1) is 9.75. The van der Waals surface area contributed by atoms with Gasteiger partial charge >= 0.3 is 5.97 Å². The lowest BCUT2D eigenvalue weighted by atomic mass is 9.72. The predicted molar refractivity (Wildman–Crippen MR) is 80.6 cm³/mol. The van der Waals surface area contributed by atoms with E-state index in [2.05, 4.69) is 0 Å². The standard InChI is InChI=1S/C18H20O2/c1-3-18(17(19)20-4-2,15-11-7-5-8-12-15)16-13-9-6-10-14-16/h5-14H,3-4H2,1-2H3. The normalized spacial score (nSPS) is 11.1. The van der Waals surface area contributed by atoms with E-state index in [0.29, 0.717) is 13.0 Å². The van der Waals surface area contributed by atoms with Crippen LogP contribution in [0.5, 0.6) is 0 Å². The van der Waals surface area contributed by atoms with E-state index in [1.165, 1.54) is 0 Å². The van der Waals surface area contributed by atoms with E-state index in [-0.39, 0.29) is 5.97 Å². The summed E-state index contributed by atoms with van der Waals surface area (Å²) in [7, 11) is 0. The second-order valence-corrected chi connectivity index (χ2v) is 4.71. The lowest BCUT2D eigenvalue weighted by molar-refractivity contribution is -0.148. The van der Waals surface area contributed by atoms with Gasteiger partial charge in [-0.25, -0.2) is 0 Å². The summed E-state index contributed by atoms with van der Waals surface area (Å²) in [5.41, 5.74) is 1.23. The van der Waals surface area contributed by atoms with E-state index in [1.54, 1.807) is 0 Å². The first kappa shape index (κ1) is 14.3. The zero-order valence-corrected chi connectivity index (χ0v) is 12.0. The van der Waals surface area contributed by atoms with Crippen molar-refractivity contribution in [3.05, 3.63) is 71.8 Å². The fourth-order valence-electron chi connectivity index (χ4n) is 2.65. The average Bonchev–Trinajstić information content (AvgIpc) is 2.51. The molecule has 104 valence electrons. The van der Waals surface area contributed by atoms with E-state index in [4.69, 9.17) is 4.74 Å². The third-order valence-electron chi connectivity index (χ3n) is 3.69. The Morgan fingerprint density at radius 1 is 0.900 bits per heavy atom. The summed E-state index contributed by atoms with van der Waals surface area (Å²) >= 11 is 0. The van der Waals surface area contributed by atoms with Gasteiger partial charge in [0, 0.05) is 0 Å². The van der Waals surface area contributed by atoms with Crippen LogP contribution in [0.4, 0.5) is 0 Å². The molecule has 0 saturated heterocycles. The second-order valence-electron chi connectivity index (χ2n) is 4.71. The van der Waals surface area contributed by atoms with Gasteiger partial charge in [-0.2, -0.15) is 0 Å². The maximum absolute atomic E-state index is 12.7. The van der Waals surface area contributed by atoms with Gasteiger partial charge in [0.1, 0.15) is 5.41 Å². The van der Waals surface area contributed by atoms with Gasteiger partial charge < -0.3 is 4.74 Å². The van der Waals surface area contributed by atoms with E-state index >= 15 is 0 Å². The van der Waals surface area contributed by atoms with Crippen molar-refractivity contribution in [3.63, 3.8) is 0 Å². The number of rotatable bonds is 5. The molecule has 2 aromatic carbocycles. The summed E-state index contributed by atoms with van der Waals surface area (Å²) in [6, 6.07) is 19.7. The first-order valence-electron chi connectivity index (χ1n) is 7.04. The highest BCUT2D eigenvalue weighted by Gasteiger charge is 2.41. The highest BCUT2D eigenvalue weighted by molar-refractivity contribution is 5.87. The largest absolute Gasteiger partial charge is 0.465 e. The van der Waals surface area contributed by atoms with Crippen molar-refractivity contribution >= 4 is 5.97 Å². The molecule has 0 spiro atoms. The lowest BCUT2D eigenvalue weighted by Crippen LogP contribution is -2.38. The molecular formula is C18H20O2. The summed E-state index contributed by atoms with van der Waals surface area (Å²) in [4.78, 5) is 12.7. The summed E-state index contributed by atoms with van der Waals surface area (Å²) in [6.07, 6.45) is 0.667.